The molecule has 4 heterocycles. The number of fused-ring (bicyclic) bond motifs is 1. The van der Waals surface area contributed by atoms with Crippen LogP contribution in [0, 0.1) is 5.41 Å². The molecule has 5 aromatic rings. The average Bonchev–Trinajstić information content (AvgIpc) is 3.16. The lowest BCUT2D eigenvalue weighted by Gasteiger charge is -2.44. The molecule has 7 heteroatoms. The van der Waals surface area contributed by atoms with Crippen LogP contribution in [0.5, 0.6) is 0 Å². The van der Waals surface area contributed by atoms with Crippen LogP contribution in [0.4, 0.5) is 5.95 Å². The van der Waals surface area contributed by atoms with Gasteiger partial charge in [-0.05, 0) is 83.7 Å². The lowest BCUT2D eigenvalue weighted by molar-refractivity contribution is 0.125. The van der Waals surface area contributed by atoms with E-state index in [0.29, 0.717) is 17.6 Å². The van der Waals surface area contributed by atoms with Crippen molar-refractivity contribution < 1.29 is 0 Å². The quantitative estimate of drug-likeness (QED) is 0.179. The maximum Gasteiger partial charge on any atom is 0.229 e. The largest absolute Gasteiger partial charge is 0.341 e. The van der Waals surface area contributed by atoms with Crippen molar-refractivity contribution in [1.29, 1.82) is 0 Å². The van der Waals surface area contributed by atoms with E-state index in [1.54, 1.807) is 12.4 Å². The van der Waals surface area contributed by atoms with Gasteiger partial charge in [-0.1, -0.05) is 65.8 Å². The Hall–Kier alpha value is -4.52. The first-order valence-corrected chi connectivity index (χ1v) is 15.9. The SMILES string of the molecule is CCN(CC)c1nc(-c2ccc(-c3ccc4c(c3)C(C)(C)C(C)(C)C4(C)C)nc2)nc(C(c2ccccn2)c2ccccn2)n1. The number of hydrogen-bond acceptors (Lipinski definition) is 7. The summed E-state index contributed by atoms with van der Waals surface area (Å²) in [7, 11) is 0. The van der Waals surface area contributed by atoms with Crippen LogP contribution in [-0.4, -0.2) is 43.0 Å². The normalized spacial score (nSPS) is 16.0. The van der Waals surface area contributed by atoms with Gasteiger partial charge in [0.1, 0.15) is 11.7 Å². The van der Waals surface area contributed by atoms with Crippen LogP contribution in [-0.2, 0) is 10.8 Å². The standard InChI is InChI=1S/C38H43N7/c1-9-45(10-2)35-43-33(42-34(44-35)32(30-15-11-13-21-39-30)31-16-12-14-22-40-31)26-18-20-29(41-24-26)25-17-19-27-28(23-25)37(5,6)38(7,8)36(27,3)4/h11-24,32H,9-10H2,1-8H3. The number of nitrogens with zero attached hydrogens (tertiary/aromatic N) is 7. The molecule has 0 bridgehead atoms. The van der Waals surface area contributed by atoms with Crippen molar-refractivity contribution in [2.24, 2.45) is 5.41 Å². The highest BCUT2D eigenvalue weighted by Gasteiger charge is 2.56. The van der Waals surface area contributed by atoms with Gasteiger partial charge in [-0.15, -0.1) is 0 Å². The first-order chi connectivity index (χ1) is 21.5. The van der Waals surface area contributed by atoms with Crippen LogP contribution in [0.2, 0.25) is 0 Å². The van der Waals surface area contributed by atoms with Crippen LogP contribution >= 0.6 is 0 Å². The molecule has 1 aromatic carbocycles. The minimum atomic E-state index is -0.348. The molecule has 0 aliphatic heterocycles. The highest BCUT2D eigenvalue weighted by atomic mass is 15.3. The molecule has 7 nitrogen and oxygen atoms in total. The summed E-state index contributed by atoms with van der Waals surface area (Å²) >= 11 is 0. The van der Waals surface area contributed by atoms with Gasteiger partial charge in [-0.3, -0.25) is 15.0 Å². The predicted octanol–water partition coefficient (Wildman–Crippen LogP) is 8.01. The zero-order valence-corrected chi connectivity index (χ0v) is 27.7. The summed E-state index contributed by atoms with van der Waals surface area (Å²) in [5.74, 6) is 1.47. The molecule has 230 valence electrons. The molecule has 0 saturated heterocycles. The first kappa shape index (κ1) is 30.5. The van der Waals surface area contributed by atoms with Gasteiger partial charge in [0.2, 0.25) is 5.95 Å². The number of hydrogen-bond donors (Lipinski definition) is 0. The van der Waals surface area contributed by atoms with E-state index in [0.717, 1.165) is 41.3 Å². The van der Waals surface area contributed by atoms with Crippen molar-refractivity contribution in [1.82, 2.24) is 29.9 Å². The molecule has 45 heavy (non-hydrogen) atoms. The van der Waals surface area contributed by atoms with E-state index in [1.807, 2.05) is 42.6 Å². The fourth-order valence-electron chi connectivity index (χ4n) is 6.71. The first-order valence-electron chi connectivity index (χ1n) is 15.9. The third-order valence-corrected chi connectivity index (χ3v) is 10.7. The second kappa shape index (κ2) is 11.4. The number of rotatable bonds is 8. The highest BCUT2D eigenvalue weighted by molar-refractivity contribution is 5.67. The van der Waals surface area contributed by atoms with E-state index in [-0.39, 0.29) is 22.2 Å². The summed E-state index contributed by atoms with van der Waals surface area (Å²) in [4.78, 5) is 31.4. The lowest BCUT2D eigenvalue weighted by Crippen LogP contribution is -2.42. The van der Waals surface area contributed by atoms with E-state index in [1.165, 1.54) is 11.1 Å². The van der Waals surface area contributed by atoms with Crippen molar-refractivity contribution in [2.75, 3.05) is 18.0 Å². The van der Waals surface area contributed by atoms with E-state index in [4.69, 9.17) is 19.9 Å². The van der Waals surface area contributed by atoms with Crippen LogP contribution in [0.3, 0.4) is 0 Å². The molecule has 0 spiro atoms. The van der Waals surface area contributed by atoms with Crippen LogP contribution in [0.25, 0.3) is 22.6 Å². The molecule has 0 amide bonds. The number of benzene rings is 1. The zero-order valence-electron chi connectivity index (χ0n) is 27.7. The maximum absolute atomic E-state index is 5.04. The molecule has 4 aromatic heterocycles. The third-order valence-electron chi connectivity index (χ3n) is 10.7. The topological polar surface area (TPSA) is 80.6 Å². The predicted molar refractivity (Wildman–Crippen MR) is 181 cm³/mol. The molecule has 1 aliphatic carbocycles. The van der Waals surface area contributed by atoms with Gasteiger partial charge in [-0.2, -0.15) is 9.97 Å². The fraction of sp³-hybridized carbons (Fsp3) is 0.368. The second-order valence-corrected chi connectivity index (χ2v) is 13.5. The third kappa shape index (κ3) is 5.08. The Morgan fingerprint density at radius 1 is 0.644 bits per heavy atom. The molecular weight excluding hydrogens is 554 g/mol. The molecule has 0 unspecified atom stereocenters. The number of anilines is 1. The fourth-order valence-corrected chi connectivity index (χ4v) is 6.71. The molecule has 0 N–H and O–H groups in total. The van der Waals surface area contributed by atoms with Crippen molar-refractivity contribution in [2.45, 2.75) is 72.1 Å². The Morgan fingerprint density at radius 2 is 1.27 bits per heavy atom. The summed E-state index contributed by atoms with van der Waals surface area (Å²) in [5.41, 5.74) is 7.59. The summed E-state index contributed by atoms with van der Waals surface area (Å²) in [6.07, 6.45) is 5.47. The number of pyridine rings is 3. The van der Waals surface area contributed by atoms with Crippen LogP contribution in [0.15, 0.2) is 85.3 Å². The van der Waals surface area contributed by atoms with Gasteiger partial charge in [0, 0.05) is 42.8 Å². The van der Waals surface area contributed by atoms with Crippen molar-refractivity contribution >= 4 is 5.95 Å². The maximum atomic E-state index is 5.04. The Labute approximate surface area is 267 Å². The van der Waals surface area contributed by atoms with Crippen molar-refractivity contribution in [3.05, 3.63) is 114 Å². The van der Waals surface area contributed by atoms with E-state index in [2.05, 4.69) is 101 Å². The monoisotopic (exact) mass is 597 g/mol. The van der Waals surface area contributed by atoms with Crippen molar-refractivity contribution in [3.63, 3.8) is 0 Å². The van der Waals surface area contributed by atoms with Gasteiger partial charge in [0.15, 0.2) is 5.82 Å². The summed E-state index contributed by atoms with van der Waals surface area (Å²) in [5, 5.41) is 0. The van der Waals surface area contributed by atoms with Crippen LogP contribution < -0.4 is 4.90 Å². The number of aromatic nitrogens is 6. The molecule has 0 radical (unpaired) electrons. The minimum absolute atomic E-state index is 0.0294. The summed E-state index contributed by atoms with van der Waals surface area (Å²) in [6.45, 7) is 20.0. The molecular formula is C38H43N7. The van der Waals surface area contributed by atoms with Gasteiger partial charge >= 0.3 is 0 Å². The van der Waals surface area contributed by atoms with Gasteiger partial charge in [0.05, 0.1) is 17.1 Å². The van der Waals surface area contributed by atoms with Crippen LogP contribution in [0.1, 0.15) is 89.6 Å². The van der Waals surface area contributed by atoms with E-state index in [9.17, 15) is 0 Å². The smallest absolute Gasteiger partial charge is 0.229 e. The molecule has 0 fully saturated rings. The summed E-state index contributed by atoms with van der Waals surface area (Å²) < 4.78 is 0. The average molecular weight is 598 g/mol. The minimum Gasteiger partial charge on any atom is -0.341 e. The molecule has 1 aliphatic rings. The Balaban J connectivity index is 1.43. The highest BCUT2D eigenvalue weighted by Crippen LogP contribution is 2.61. The van der Waals surface area contributed by atoms with E-state index < -0.39 is 0 Å². The molecule has 6 rings (SSSR count). The van der Waals surface area contributed by atoms with Crippen molar-refractivity contribution in [3.8, 4) is 22.6 Å². The Morgan fingerprint density at radius 3 is 1.82 bits per heavy atom. The Kier molecular flexibility index (Phi) is 7.76. The van der Waals surface area contributed by atoms with Gasteiger partial charge in [-0.25, -0.2) is 4.98 Å². The molecule has 0 saturated carbocycles. The lowest BCUT2D eigenvalue weighted by atomic mass is 9.59. The zero-order chi connectivity index (χ0) is 32.0. The van der Waals surface area contributed by atoms with E-state index >= 15 is 0 Å². The van der Waals surface area contributed by atoms with Gasteiger partial charge in [0.25, 0.3) is 0 Å². The van der Waals surface area contributed by atoms with Gasteiger partial charge < -0.3 is 4.90 Å². The second-order valence-electron chi connectivity index (χ2n) is 13.5. The summed E-state index contributed by atoms with van der Waals surface area (Å²) in [6, 6.07) is 22.8. The Bertz CT molecular complexity index is 1750. The molecule has 0 atom stereocenters.